The van der Waals surface area contributed by atoms with Crippen LogP contribution in [0, 0.1) is 5.82 Å². The highest BCUT2D eigenvalue weighted by Gasteiger charge is 2.19. The molecule has 0 saturated carbocycles. The van der Waals surface area contributed by atoms with E-state index < -0.39 is 5.82 Å². The fourth-order valence-corrected chi connectivity index (χ4v) is 3.03. The molecule has 0 aromatic heterocycles. The Hall–Kier alpha value is -2.56. The molecule has 0 bridgehead atoms. The van der Waals surface area contributed by atoms with Gasteiger partial charge in [0.1, 0.15) is 0 Å². The molecule has 2 aromatic carbocycles. The van der Waals surface area contributed by atoms with Gasteiger partial charge < -0.3 is 15.4 Å². The average molecular weight is 328 g/mol. The first-order chi connectivity index (χ1) is 11.6. The maximum absolute atomic E-state index is 13.9. The SMILES string of the molecule is COc1ccc(C(C)NC(=O)c2cccc3c2CCCN3)cc1F. The van der Waals surface area contributed by atoms with Crippen molar-refractivity contribution in [3.8, 4) is 5.75 Å². The Kier molecular flexibility index (Phi) is 4.69. The van der Waals surface area contributed by atoms with E-state index in [1.807, 2.05) is 25.1 Å². The van der Waals surface area contributed by atoms with E-state index in [1.54, 1.807) is 12.1 Å². The molecule has 2 aromatic rings. The van der Waals surface area contributed by atoms with E-state index in [1.165, 1.54) is 13.2 Å². The summed E-state index contributed by atoms with van der Waals surface area (Å²) in [5.74, 6) is -0.378. The van der Waals surface area contributed by atoms with Crippen molar-refractivity contribution in [2.75, 3.05) is 19.0 Å². The van der Waals surface area contributed by atoms with Crippen molar-refractivity contribution < 1.29 is 13.9 Å². The standard InChI is InChI=1S/C19H21FN2O2/c1-12(13-8-9-18(24-2)16(20)11-13)22-19(23)15-5-3-7-17-14(15)6-4-10-21-17/h3,5,7-9,11-12,21H,4,6,10H2,1-2H3,(H,22,23). The molecule has 1 atom stereocenters. The first-order valence-corrected chi connectivity index (χ1v) is 8.10. The zero-order chi connectivity index (χ0) is 17.1. The van der Waals surface area contributed by atoms with Gasteiger partial charge in [0.15, 0.2) is 11.6 Å². The molecule has 1 aliphatic heterocycles. The number of halogens is 1. The van der Waals surface area contributed by atoms with Crippen molar-refractivity contribution in [1.29, 1.82) is 0 Å². The quantitative estimate of drug-likeness (QED) is 0.900. The van der Waals surface area contributed by atoms with Crippen LogP contribution in [-0.2, 0) is 6.42 Å². The lowest BCUT2D eigenvalue weighted by Gasteiger charge is -2.22. The molecule has 126 valence electrons. The van der Waals surface area contributed by atoms with E-state index in [9.17, 15) is 9.18 Å². The monoisotopic (exact) mass is 328 g/mol. The Bertz CT molecular complexity index is 761. The molecule has 5 heteroatoms. The maximum Gasteiger partial charge on any atom is 0.252 e. The van der Waals surface area contributed by atoms with E-state index in [0.29, 0.717) is 11.1 Å². The van der Waals surface area contributed by atoms with Crippen molar-refractivity contribution in [3.63, 3.8) is 0 Å². The van der Waals surface area contributed by atoms with Crippen molar-refractivity contribution in [2.24, 2.45) is 0 Å². The van der Waals surface area contributed by atoms with Gasteiger partial charge in [-0.15, -0.1) is 0 Å². The molecular formula is C19H21FN2O2. The summed E-state index contributed by atoms with van der Waals surface area (Å²) < 4.78 is 18.8. The number of amides is 1. The molecule has 1 aliphatic rings. The van der Waals surface area contributed by atoms with Crippen LogP contribution < -0.4 is 15.4 Å². The van der Waals surface area contributed by atoms with Gasteiger partial charge in [0.2, 0.25) is 0 Å². The molecular weight excluding hydrogens is 307 g/mol. The molecule has 0 fully saturated rings. The number of rotatable bonds is 4. The van der Waals surface area contributed by atoms with E-state index in [-0.39, 0.29) is 17.7 Å². The Balaban J connectivity index is 1.78. The van der Waals surface area contributed by atoms with Crippen molar-refractivity contribution in [3.05, 3.63) is 58.9 Å². The third-order valence-corrected chi connectivity index (χ3v) is 4.36. The molecule has 1 heterocycles. The highest BCUT2D eigenvalue weighted by Crippen LogP contribution is 2.26. The predicted octanol–water partition coefficient (Wildman–Crippen LogP) is 3.68. The Morgan fingerprint density at radius 3 is 2.92 bits per heavy atom. The smallest absolute Gasteiger partial charge is 0.252 e. The second-order valence-corrected chi connectivity index (χ2v) is 5.95. The van der Waals surface area contributed by atoms with Gasteiger partial charge in [-0.1, -0.05) is 12.1 Å². The molecule has 0 saturated heterocycles. The summed E-state index contributed by atoms with van der Waals surface area (Å²) in [6, 6.07) is 10.1. The van der Waals surface area contributed by atoms with Gasteiger partial charge >= 0.3 is 0 Å². The van der Waals surface area contributed by atoms with E-state index in [0.717, 1.165) is 30.6 Å². The van der Waals surface area contributed by atoms with Crippen LogP contribution in [0.3, 0.4) is 0 Å². The third kappa shape index (κ3) is 3.20. The number of hydrogen-bond donors (Lipinski definition) is 2. The number of carbonyl (C=O) groups excluding carboxylic acids is 1. The highest BCUT2D eigenvalue weighted by molar-refractivity contribution is 5.97. The van der Waals surface area contributed by atoms with E-state index in [2.05, 4.69) is 10.6 Å². The van der Waals surface area contributed by atoms with Crippen LogP contribution in [0.5, 0.6) is 5.75 Å². The first kappa shape index (κ1) is 16.3. The van der Waals surface area contributed by atoms with Crippen molar-refractivity contribution >= 4 is 11.6 Å². The Labute approximate surface area is 141 Å². The molecule has 4 nitrogen and oxygen atoms in total. The number of methoxy groups -OCH3 is 1. The topological polar surface area (TPSA) is 50.4 Å². The van der Waals surface area contributed by atoms with Gasteiger partial charge in [0, 0.05) is 17.8 Å². The summed E-state index contributed by atoms with van der Waals surface area (Å²) in [4.78, 5) is 12.7. The maximum atomic E-state index is 13.9. The van der Waals surface area contributed by atoms with Crippen LogP contribution in [0.15, 0.2) is 36.4 Å². The Morgan fingerprint density at radius 2 is 2.17 bits per heavy atom. The van der Waals surface area contributed by atoms with Crippen molar-refractivity contribution in [2.45, 2.75) is 25.8 Å². The molecule has 1 unspecified atom stereocenters. The number of carbonyl (C=O) groups is 1. The number of hydrogen-bond acceptors (Lipinski definition) is 3. The summed E-state index contributed by atoms with van der Waals surface area (Å²) in [6.07, 6.45) is 1.90. The van der Waals surface area contributed by atoms with Gasteiger partial charge in [-0.3, -0.25) is 4.79 Å². The van der Waals surface area contributed by atoms with Crippen LogP contribution in [-0.4, -0.2) is 19.6 Å². The molecule has 1 amide bonds. The number of benzene rings is 2. The van der Waals surface area contributed by atoms with Crippen LogP contribution in [0.1, 0.15) is 40.9 Å². The van der Waals surface area contributed by atoms with Crippen LogP contribution >= 0.6 is 0 Å². The number of anilines is 1. The number of ether oxygens (including phenoxy) is 1. The highest BCUT2D eigenvalue weighted by atomic mass is 19.1. The summed E-state index contributed by atoms with van der Waals surface area (Å²) in [6.45, 7) is 2.77. The summed E-state index contributed by atoms with van der Waals surface area (Å²) in [5.41, 5.74) is 3.46. The Morgan fingerprint density at radius 1 is 1.33 bits per heavy atom. The second kappa shape index (κ2) is 6.91. The lowest BCUT2D eigenvalue weighted by atomic mass is 9.96. The molecule has 2 N–H and O–H groups in total. The average Bonchev–Trinajstić information content (AvgIpc) is 2.61. The zero-order valence-electron chi connectivity index (χ0n) is 13.9. The summed E-state index contributed by atoms with van der Waals surface area (Å²) in [7, 11) is 1.43. The third-order valence-electron chi connectivity index (χ3n) is 4.36. The van der Waals surface area contributed by atoms with Crippen molar-refractivity contribution in [1.82, 2.24) is 5.32 Å². The van der Waals surface area contributed by atoms with Crippen LogP contribution in [0.25, 0.3) is 0 Å². The molecule has 0 spiro atoms. The minimum Gasteiger partial charge on any atom is -0.494 e. The summed E-state index contributed by atoms with van der Waals surface area (Å²) in [5, 5.41) is 6.27. The molecule has 0 aliphatic carbocycles. The summed E-state index contributed by atoms with van der Waals surface area (Å²) >= 11 is 0. The normalized spacial score (nSPS) is 14.3. The van der Waals surface area contributed by atoms with E-state index in [4.69, 9.17) is 4.74 Å². The van der Waals surface area contributed by atoms with Gasteiger partial charge in [-0.05, 0) is 55.2 Å². The van der Waals surface area contributed by atoms with Gasteiger partial charge in [-0.25, -0.2) is 4.39 Å². The van der Waals surface area contributed by atoms with Gasteiger partial charge in [0.25, 0.3) is 5.91 Å². The van der Waals surface area contributed by atoms with Crippen LogP contribution in [0.4, 0.5) is 10.1 Å². The van der Waals surface area contributed by atoms with Gasteiger partial charge in [-0.2, -0.15) is 0 Å². The lowest BCUT2D eigenvalue weighted by Crippen LogP contribution is -2.28. The second-order valence-electron chi connectivity index (χ2n) is 5.95. The van der Waals surface area contributed by atoms with Crippen LogP contribution in [0.2, 0.25) is 0 Å². The fourth-order valence-electron chi connectivity index (χ4n) is 3.03. The zero-order valence-corrected chi connectivity index (χ0v) is 13.9. The minimum atomic E-state index is -0.433. The van der Waals surface area contributed by atoms with E-state index >= 15 is 0 Å². The first-order valence-electron chi connectivity index (χ1n) is 8.10. The molecule has 3 rings (SSSR count). The predicted molar refractivity (Wildman–Crippen MR) is 92.1 cm³/mol. The fraction of sp³-hybridized carbons (Fsp3) is 0.316. The molecule has 0 radical (unpaired) electrons. The number of nitrogens with one attached hydrogen (secondary N) is 2. The minimum absolute atomic E-state index is 0.140. The largest absolute Gasteiger partial charge is 0.494 e. The lowest BCUT2D eigenvalue weighted by molar-refractivity contribution is 0.0939. The van der Waals surface area contributed by atoms with Gasteiger partial charge in [0.05, 0.1) is 13.2 Å². The molecule has 24 heavy (non-hydrogen) atoms. The number of fused-ring (bicyclic) bond motifs is 1.